The van der Waals surface area contributed by atoms with Gasteiger partial charge in [0.25, 0.3) is 5.89 Å². The topological polar surface area (TPSA) is 68.2 Å². The zero-order chi connectivity index (χ0) is 14.8. The van der Waals surface area contributed by atoms with Gasteiger partial charge in [0.05, 0.1) is 16.6 Å². The molecule has 3 rings (SSSR count). The first-order valence-electron chi connectivity index (χ1n) is 6.91. The SMILES string of the molecule is NC(CN1CCCC1)c1noc(-c2cccc(Cl)c2F)n1. The minimum Gasteiger partial charge on any atom is -0.334 e. The van der Waals surface area contributed by atoms with Gasteiger partial charge in [0.2, 0.25) is 0 Å². The molecular formula is C14H16ClFN4O. The van der Waals surface area contributed by atoms with Crippen molar-refractivity contribution in [1.29, 1.82) is 0 Å². The van der Waals surface area contributed by atoms with Gasteiger partial charge in [-0.3, -0.25) is 0 Å². The van der Waals surface area contributed by atoms with E-state index in [1.54, 1.807) is 12.1 Å². The van der Waals surface area contributed by atoms with Gasteiger partial charge in [0.15, 0.2) is 11.6 Å². The second kappa shape index (κ2) is 6.09. The molecule has 2 aromatic rings. The minimum absolute atomic E-state index is 0.0219. The lowest BCUT2D eigenvalue weighted by Gasteiger charge is -2.17. The molecule has 0 aliphatic carbocycles. The number of nitrogens with zero attached hydrogens (tertiary/aromatic N) is 3. The van der Waals surface area contributed by atoms with E-state index in [0.717, 1.165) is 13.1 Å². The minimum atomic E-state index is -0.567. The molecule has 2 heterocycles. The van der Waals surface area contributed by atoms with E-state index in [4.69, 9.17) is 21.9 Å². The molecule has 1 saturated heterocycles. The quantitative estimate of drug-likeness (QED) is 0.940. The maximum absolute atomic E-state index is 13.9. The normalized spacial score (nSPS) is 17.3. The van der Waals surface area contributed by atoms with E-state index in [9.17, 15) is 4.39 Å². The Morgan fingerprint density at radius 3 is 2.90 bits per heavy atom. The van der Waals surface area contributed by atoms with Crippen molar-refractivity contribution in [3.8, 4) is 11.5 Å². The highest BCUT2D eigenvalue weighted by Gasteiger charge is 2.21. The fourth-order valence-electron chi connectivity index (χ4n) is 2.49. The van der Waals surface area contributed by atoms with Gasteiger partial charge in [-0.25, -0.2) is 4.39 Å². The van der Waals surface area contributed by atoms with Crippen molar-refractivity contribution in [2.24, 2.45) is 5.73 Å². The van der Waals surface area contributed by atoms with Gasteiger partial charge in [0.1, 0.15) is 0 Å². The average Bonchev–Trinajstić information content (AvgIpc) is 3.12. The van der Waals surface area contributed by atoms with E-state index < -0.39 is 5.82 Å². The zero-order valence-electron chi connectivity index (χ0n) is 11.4. The van der Waals surface area contributed by atoms with Crippen LogP contribution in [0.15, 0.2) is 22.7 Å². The van der Waals surface area contributed by atoms with E-state index in [0.29, 0.717) is 12.4 Å². The Hall–Kier alpha value is -1.50. The van der Waals surface area contributed by atoms with E-state index in [2.05, 4.69) is 15.0 Å². The highest BCUT2D eigenvalue weighted by atomic mass is 35.5. The molecule has 1 aromatic carbocycles. The first-order chi connectivity index (χ1) is 10.1. The molecular weight excluding hydrogens is 295 g/mol. The lowest BCUT2D eigenvalue weighted by molar-refractivity contribution is 0.306. The number of likely N-dealkylation sites (tertiary alicyclic amines) is 1. The molecule has 0 spiro atoms. The summed E-state index contributed by atoms with van der Waals surface area (Å²) in [5.74, 6) is -0.0828. The van der Waals surface area contributed by atoms with Crippen LogP contribution in [0.2, 0.25) is 5.02 Å². The van der Waals surface area contributed by atoms with Crippen LogP contribution in [0, 0.1) is 5.82 Å². The summed E-state index contributed by atoms with van der Waals surface area (Å²) in [5, 5.41) is 3.88. The lowest BCUT2D eigenvalue weighted by atomic mass is 10.2. The Morgan fingerprint density at radius 1 is 1.38 bits per heavy atom. The Bertz CT molecular complexity index is 627. The molecule has 5 nitrogen and oxygen atoms in total. The standard InChI is InChI=1S/C14H16ClFN4O/c15-10-5-3-4-9(12(10)16)14-18-13(19-21-14)11(17)8-20-6-1-2-7-20/h3-5,11H,1-2,6-8,17H2. The van der Waals surface area contributed by atoms with Crippen molar-refractivity contribution in [3.05, 3.63) is 34.9 Å². The van der Waals surface area contributed by atoms with Gasteiger partial charge in [-0.05, 0) is 38.1 Å². The van der Waals surface area contributed by atoms with Crippen molar-refractivity contribution in [1.82, 2.24) is 15.0 Å². The predicted octanol–water partition coefficient (Wildman–Crippen LogP) is 2.62. The molecule has 112 valence electrons. The molecule has 21 heavy (non-hydrogen) atoms. The Balaban J connectivity index is 1.77. The van der Waals surface area contributed by atoms with Crippen LogP contribution in [0.4, 0.5) is 4.39 Å². The third-order valence-electron chi connectivity index (χ3n) is 3.61. The van der Waals surface area contributed by atoms with E-state index in [-0.39, 0.29) is 22.5 Å². The average molecular weight is 311 g/mol. The van der Waals surface area contributed by atoms with Gasteiger partial charge in [-0.2, -0.15) is 4.98 Å². The maximum Gasteiger partial charge on any atom is 0.261 e. The molecule has 7 heteroatoms. The van der Waals surface area contributed by atoms with E-state index in [1.165, 1.54) is 18.9 Å². The molecule has 0 amide bonds. The fraction of sp³-hybridized carbons (Fsp3) is 0.429. The van der Waals surface area contributed by atoms with Crippen LogP contribution in [0.25, 0.3) is 11.5 Å². The summed E-state index contributed by atoms with van der Waals surface area (Å²) < 4.78 is 19.0. The van der Waals surface area contributed by atoms with Gasteiger partial charge in [-0.15, -0.1) is 0 Å². The van der Waals surface area contributed by atoms with Crippen molar-refractivity contribution >= 4 is 11.6 Å². The predicted molar refractivity (Wildman–Crippen MR) is 77.3 cm³/mol. The van der Waals surface area contributed by atoms with E-state index in [1.807, 2.05) is 0 Å². The van der Waals surface area contributed by atoms with Gasteiger partial charge in [-0.1, -0.05) is 22.8 Å². The number of benzene rings is 1. The van der Waals surface area contributed by atoms with Crippen LogP contribution in [0.3, 0.4) is 0 Å². The van der Waals surface area contributed by atoms with Crippen molar-refractivity contribution < 1.29 is 8.91 Å². The number of hydrogen-bond acceptors (Lipinski definition) is 5. The lowest BCUT2D eigenvalue weighted by Crippen LogP contribution is -2.30. The fourth-order valence-corrected chi connectivity index (χ4v) is 2.66. The number of rotatable bonds is 4. The summed E-state index contributed by atoms with van der Waals surface area (Å²) >= 11 is 5.75. The molecule has 1 atom stereocenters. The number of aromatic nitrogens is 2. The van der Waals surface area contributed by atoms with Crippen molar-refractivity contribution in [3.63, 3.8) is 0 Å². The summed E-state index contributed by atoms with van der Waals surface area (Å²) in [5.41, 5.74) is 6.28. The molecule has 0 saturated carbocycles. The van der Waals surface area contributed by atoms with E-state index >= 15 is 0 Å². The van der Waals surface area contributed by atoms with Crippen LogP contribution in [-0.4, -0.2) is 34.7 Å². The molecule has 1 aliphatic heterocycles. The second-order valence-corrected chi connectivity index (χ2v) is 5.58. The summed E-state index contributed by atoms with van der Waals surface area (Å²) in [6.07, 6.45) is 2.38. The monoisotopic (exact) mass is 310 g/mol. The van der Waals surface area contributed by atoms with Gasteiger partial charge >= 0.3 is 0 Å². The summed E-state index contributed by atoms with van der Waals surface area (Å²) in [6.45, 7) is 2.76. The molecule has 1 unspecified atom stereocenters. The van der Waals surface area contributed by atoms with Crippen molar-refractivity contribution in [2.45, 2.75) is 18.9 Å². The first kappa shape index (κ1) is 14.4. The molecule has 1 fully saturated rings. The Morgan fingerprint density at radius 2 is 2.14 bits per heavy atom. The molecule has 1 aromatic heterocycles. The number of halogens is 2. The summed E-state index contributed by atoms with van der Waals surface area (Å²) in [7, 11) is 0. The van der Waals surface area contributed by atoms with Crippen LogP contribution >= 0.6 is 11.6 Å². The van der Waals surface area contributed by atoms with Crippen LogP contribution in [0.5, 0.6) is 0 Å². The molecule has 0 radical (unpaired) electrons. The molecule has 2 N–H and O–H groups in total. The largest absolute Gasteiger partial charge is 0.334 e. The third-order valence-corrected chi connectivity index (χ3v) is 3.90. The van der Waals surface area contributed by atoms with Crippen LogP contribution in [0.1, 0.15) is 24.7 Å². The third kappa shape index (κ3) is 3.07. The zero-order valence-corrected chi connectivity index (χ0v) is 12.2. The maximum atomic E-state index is 13.9. The molecule has 1 aliphatic rings. The first-order valence-corrected chi connectivity index (χ1v) is 7.29. The summed E-state index contributed by atoms with van der Waals surface area (Å²) in [4.78, 5) is 6.46. The molecule has 0 bridgehead atoms. The number of hydrogen-bond donors (Lipinski definition) is 1. The Labute approximate surface area is 126 Å². The van der Waals surface area contributed by atoms with Crippen LogP contribution < -0.4 is 5.73 Å². The smallest absolute Gasteiger partial charge is 0.261 e. The Kier molecular flexibility index (Phi) is 4.19. The highest BCUT2D eigenvalue weighted by Crippen LogP contribution is 2.27. The number of nitrogens with two attached hydrogens (primary N) is 1. The van der Waals surface area contributed by atoms with Gasteiger partial charge in [0, 0.05) is 6.54 Å². The van der Waals surface area contributed by atoms with Crippen LogP contribution in [-0.2, 0) is 0 Å². The summed E-state index contributed by atoms with van der Waals surface area (Å²) in [6, 6.07) is 4.30. The highest BCUT2D eigenvalue weighted by molar-refractivity contribution is 6.31. The van der Waals surface area contributed by atoms with Gasteiger partial charge < -0.3 is 15.2 Å². The second-order valence-electron chi connectivity index (χ2n) is 5.17. The van der Waals surface area contributed by atoms with Crippen molar-refractivity contribution in [2.75, 3.05) is 19.6 Å².